The van der Waals surface area contributed by atoms with E-state index in [0.717, 1.165) is 44.6 Å². The van der Waals surface area contributed by atoms with Crippen molar-refractivity contribution in [1.29, 1.82) is 0 Å². The van der Waals surface area contributed by atoms with E-state index in [-0.39, 0.29) is 0 Å². The summed E-state index contributed by atoms with van der Waals surface area (Å²) in [5, 5.41) is 7.15. The van der Waals surface area contributed by atoms with E-state index in [1.165, 1.54) is 49.4 Å². The van der Waals surface area contributed by atoms with Gasteiger partial charge in [-0.3, -0.25) is 0 Å². The van der Waals surface area contributed by atoms with Gasteiger partial charge in [0.2, 0.25) is 0 Å². The minimum Gasteiger partial charge on any atom is -0.456 e. The smallest absolute Gasteiger partial charge is 0.135 e. The van der Waals surface area contributed by atoms with Gasteiger partial charge in [-0.25, -0.2) is 0 Å². The Morgan fingerprint density at radius 2 is 0.942 bits per heavy atom. The lowest BCUT2D eigenvalue weighted by atomic mass is 9.87. The van der Waals surface area contributed by atoms with Crippen LogP contribution in [0.4, 0.5) is 17.1 Å². The van der Waals surface area contributed by atoms with Crippen LogP contribution in [0.1, 0.15) is 0 Å². The lowest BCUT2D eigenvalue weighted by molar-refractivity contribution is 0.669. The van der Waals surface area contributed by atoms with Crippen molar-refractivity contribution in [1.82, 2.24) is 0 Å². The van der Waals surface area contributed by atoms with Gasteiger partial charge in [0.15, 0.2) is 0 Å². The summed E-state index contributed by atoms with van der Waals surface area (Å²) in [6.45, 7) is 0. The van der Waals surface area contributed by atoms with Crippen molar-refractivity contribution in [2.75, 3.05) is 4.90 Å². The van der Waals surface area contributed by atoms with Gasteiger partial charge in [-0.05, 0) is 97.9 Å². The molecule has 52 heavy (non-hydrogen) atoms. The second-order valence-electron chi connectivity index (χ2n) is 13.3. The molecule has 244 valence electrons. The Bertz CT molecular complexity index is 2890. The molecule has 1 heterocycles. The topological polar surface area (TPSA) is 16.4 Å². The quantitative estimate of drug-likeness (QED) is 0.165. The fourth-order valence-corrected chi connectivity index (χ4v) is 7.84. The number of hydrogen-bond acceptors (Lipinski definition) is 2. The fraction of sp³-hybridized carbons (Fsp3) is 0. The number of furan rings is 1. The number of para-hydroxylation sites is 2. The highest BCUT2D eigenvalue weighted by Gasteiger charge is 2.23. The Balaban J connectivity index is 1.28. The summed E-state index contributed by atoms with van der Waals surface area (Å²) in [7, 11) is 0. The maximum absolute atomic E-state index is 6.28. The second kappa shape index (κ2) is 12.5. The number of fused-ring (bicyclic) bond motifs is 6. The van der Waals surface area contributed by atoms with Crippen LogP contribution in [0.3, 0.4) is 0 Å². The van der Waals surface area contributed by atoms with Crippen molar-refractivity contribution in [3.63, 3.8) is 0 Å². The SMILES string of the molecule is c1ccc(-c2ccc(-c3cccc(N(c4ccccc4)c4ccc5oc6ccccc6c5c4)c3-c3cc4ccccc4c4ccccc34)cc2)cc1. The van der Waals surface area contributed by atoms with E-state index >= 15 is 0 Å². The minimum absolute atomic E-state index is 0.881. The molecule has 10 aromatic rings. The van der Waals surface area contributed by atoms with Crippen molar-refractivity contribution in [2.24, 2.45) is 0 Å². The zero-order valence-corrected chi connectivity index (χ0v) is 28.4. The predicted molar refractivity (Wildman–Crippen MR) is 220 cm³/mol. The van der Waals surface area contributed by atoms with Crippen LogP contribution in [-0.4, -0.2) is 0 Å². The van der Waals surface area contributed by atoms with E-state index < -0.39 is 0 Å². The molecule has 1 aromatic heterocycles. The molecule has 0 spiro atoms. The predicted octanol–water partition coefficient (Wildman–Crippen LogP) is 14.4. The summed E-state index contributed by atoms with van der Waals surface area (Å²) in [6, 6.07) is 71.9. The van der Waals surface area contributed by atoms with Crippen LogP contribution < -0.4 is 4.90 Å². The van der Waals surface area contributed by atoms with Crippen LogP contribution >= 0.6 is 0 Å². The molecule has 2 heteroatoms. The van der Waals surface area contributed by atoms with Crippen LogP contribution in [0.5, 0.6) is 0 Å². The van der Waals surface area contributed by atoms with E-state index in [1.807, 2.05) is 12.1 Å². The zero-order chi connectivity index (χ0) is 34.4. The maximum atomic E-state index is 6.28. The Labute approximate surface area is 302 Å². The standard InChI is InChI=1S/C50H33NO/c1-3-14-34(15-4-1)35-26-28-36(29-27-35)41-23-13-24-47(50(41)46-32-37-16-7-8-19-40(37)42-20-9-10-21-43(42)46)51(38-17-5-2-6-18-38)39-30-31-49-45(33-39)44-22-11-12-25-48(44)52-49/h1-33H. The fourth-order valence-electron chi connectivity index (χ4n) is 7.84. The van der Waals surface area contributed by atoms with Gasteiger partial charge in [0.1, 0.15) is 11.2 Å². The maximum Gasteiger partial charge on any atom is 0.135 e. The normalized spacial score (nSPS) is 11.5. The first-order chi connectivity index (χ1) is 25.8. The Kier molecular flexibility index (Phi) is 7.18. The van der Waals surface area contributed by atoms with Gasteiger partial charge < -0.3 is 9.32 Å². The van der Waals surface area contributed by atoms with E-state index in [0.29, 0.717) is 0 Å². The second-order valence-corrected chi connectivity index (χ2v) is 13.3. The molecule has 2 nitrogen and oxygen atoms in total. The third-order valence-corrected chi connectivity index (χ3v) is 10.3. The monoisotopic (exact) mass is 663 g/mol. The summed E-state index contributed by atoms with van der Waals surface area (Å²) in [6.07, 6.45) is 0. The van der Waals surface area contributed by atoms with E-state index in [1.54, 1.807) is 0 Å². The van der Waals surface area contributed by atoms with Crippen molar-refractivity contribution < 1.29 is 4.42 Å². The highest BCUT2D eigenvalue weighted by Crippen LogP contribution is 2.49. The molecule has 0 unspecified atom stereocenters. The lowest BCUT2D eigenvalue weighted by Crippen LogP contribution is -2.11. The Morgan fingerprint density at radius 1 is 0.327 bits per heavy atom. The highest BCUT2D eigenvalue weighted by molar-refractivity contribution is 6.17. The van der Waals surface area contributed by atoms with Gasteiger partial charge in [0, 0.05) is 27.7 Å². The van der Waals surface area contributed by atoms with Crippen LogP contribution in [0, 0.1) is 0 Å². The van der Waals surface area contributed by atoms with E-state index in [2.05, 4.69) is 193 Å². The van der Waals surface area contributed by atoms with Crippen LogP contribution in [0.25, 0.3) is 76.9 Å². The molecule has 0 N–H and O–H groups in total. The Hall–Kier alpha value is -6.90. The largest absolute Gasteiger partial charge is 0.456 e. The molecule has 0 atom stereocenters. The first-order valence-corrected chi connectivity index (χ1v) is 17.8. The van der Waals surface area contributed by atoms with Crippen LogP contribution in [0.2, 0.25) is 0 Å². The molecule has 0 saturated carbocycles. The number of anilines is 3. The van der Waals surface area contributed by atoms with Gasteiger partial charge >= 0.3 is 0 Å². The van der Waals surface area contributed by atoms with Crippen LogP contribution in [0.15, 0.2) is 205 Å². The van der Waals surface area contributed by atoms with Crippen molar-refractivity contribution in [3.8, 4) is 33.4 Å². The van der Waals surface area contributed by atoms with Gasteiger partial charge in [-0.2, -0.15) is 0 Å². The van der Waals surface area contributed by atoms with Gasteiger partial charge in [0.05, 0.1) is 5.69 Å². The first-order valence-electron chi connectivity index (χ1n) is 17.8. The minimum atomic E-state index is 0.881. The third-order valence-electron chi connectivity index (χ3n) is 10.3. The number of nitrogens with zero attached hydrogens (tertiary/aromatic N) is 1. The van der Waals surface area contributed by atoms with Crippen molar-refractivity contribution in [2.45, 2.75) is 0 Å². The molecule has 0 aliphatic carbocycles. The van der Waals surface area contributed by atoms with Gasteiger partial charge in [0.25, 0.3) is 0 Å². The summed E-state index contributed by atoms with van der Waals surface area (Å²) >= 11 is 0. The molecule has 0 amide bonds. The number of benzene rings is 9. The third kappa shape index (κ3) is 5.04. The Morgan fingerprint density at radius 3 is 1.75 bits per heavy atom. The van der Waals surface area contributed by atoms with Gasteiger partial charge in [-0.1, -0.05) is 152 Å². The highest BCUT2D eigenvalue weighted by atomic mass is 16.3. The van der Waals surface area contributed by atoms with Crippen molar-refractivity contribution >= 4 is 60.5 Å². The van der Waals surface area contributed by atoms with E-state index in [9.17, 15) is 0 Å². The average molecular weight is 664 g/mol. The number of hydrogen-bond donors (Lipinski definition) is 0. The summed E-state index contributed by atoms with van der Waals surface area (Å²) in [5.41, 5.74) is 12.1. The number of rotatable bonds is 6. The lowest BCUT2D eigenvalue weighted by Gasteiger charge is -2.30. The molecule has 0 bridgehead atoms. The van der Waals surface area contributed by atoms with Gasteiger partial charge in [-0.15, -0.1) is 0 Å². The molecule has 0 saturated heterocycles. The summed E-state index contributed by atoms with van der Waals surface area (Å²) in [4.78, 5) is 2.41. The molecule has 10 rings (SSSR count). The molecular weight excluding hydrogens is 631 g/mol. The molecule has 9 aromatic carbocycles. The molecule has 0 aliphatic heterocycles. The first kappa shape index (κ1) is 30.0. The van der Waals surface area contributed by atoms with Crippen LogP contribution in [-0.2, 0) is 0 Å². The molecular formula is C50H33NO. The van der Waals surface area contributed by atoms with E-state index in [4.69, 9.17) is 4.42 Å². The average Bonchev–Trinajstić information content (AvgIpc) is 3.60. The zero-order valence-electron chi connectivity index (χ0n) is 28.4. The summed E-state index contributed by atoms with van der Waals surface area (Å²) < 4.78 is 6.28. The molecule has 0 aliphatic rings. The molecule has 0 radical (unpaired) electrons. The van der Waals surface area contributed by atoms with Crippen molar-refractivity contribution in [3.05, 3.63) is 200 Å². The summed E-state index contributed by atoms with van der Waals surface area (Å²) in [5.74, 6) is 0. The molecule has 0 fully saturated rings.